The third-order valence-corrected chi connectivity index (χ3v) is 3.83. The number of hydrogen-bond acceptors (Lipinski definition) is 5. The van der Waals surface area contributed by atoms with E-state index in [-0.39, 0.29) is 0 Å². The highest BCUT2D eigenvalue weighted by molar-refractivity contribution is 7.98. The Balaban J connectivity index is 2.26. The average Bonchev–Trinajstić information content (AvgIpc) is 2.62. The Morgan fingerprint density at radius 3 is 2.41 bits per heavy atom. The highest BCUT2D eigenvalue weighted by Gasteiger charge is 2.16. The number of aromatic nitrogens is 3. The fourth-order valence-electron chi connectivity index (χ4n) is 2.12. The molecule has 0 atom stereocenters. The van der Waals surface area contributed by atoms with Crippen molar-refractivity contribution in [3.8, 4) is 28.7 Å². The smallest absolute Gasteiger partial charge is 0.162 e. The fraction of sp³-hybridized carbons (Fsp3) is 0.0588. The van der Waals surface area contributed by atoms with Crippen LogP contribution in [0.5, 0.6) is 0 Å². The molecule has 4 nitrogen and oxygen atoms in total. The van der Waals surface area contributed by atoms with Crippen LogP contribution in [0.25, 0.3) is 22.6 Å². The normalized spacial score (nSPS) is 10.2. The van der Waals surface area contributed by atoms with Gasteiger partial charge in [0.15, 0.2) is 5.82 Å². The molecule has 0 amide bonds. The van der Waals surface area contributed by atoms with Gasteiger partial charge < -0.3 is 0 Å². The van der Waals surface area contributed by atoms with E-state index in [1.165, 1.54) is 11.8 Å². The first-order valence-electron chi connectivity index (χ1n) is 6.65. The van der Waals surface area contributed by atoms with E-state index in [1.807, 2.05) is 48.7 Å². The molecular formula is C17H12N4S. The van der Waals surface area contributed by atoms with Crippen LogP contribution in [0, 0.1) is 11.3 Å². The van der Waals surface area contributed by atoms with Gasteiger partial charge in [-0.1, -0.05) is 30.3 Å². The van der Waals surface area contributed by atoms with E-state index >= 15 is 0 Å². The zero-order valence-corrected chi connectivity index (χ0v) is 12.7. The van der Waals surface area contributed by atoms with Crippen LogP contribution in [0.2, 0.25) is 0 Å². The topological polar surface area (TPSA) is 62.5 Å². The Bertz CT molecular complexity index is 827. The molecular weight excluding hydrogens is 292 g/mol. The highest BCUT2D eigenvalue weighted by Crippen LogP contribution is 2.30. The lowest BCUT2D eigenvalue weighted by molar-refractivity contribution is 1.04. The van der Waals surface area contributed by atoms with E-state index in [1.54, 1.807) is 12.4 Å². The second-order valence-corrected chi connectivity index (χ2v) is 5.29. The Labute approximate surface area is 132 Å². The highest BCUT2D eigenvalue weighted by atomic mass is 32.2. The number of rotatable bonds is 3. The number of nitrogens with zero attached hydrogens (tertiary/aromatic N) is 4. The van der Waals surface area contributed by atoms with Crippen molar-refractivity contribution in [1.29, 1.82) is 5.26 Å². The van der Waals surface area contributed by atoms with Crippen molar-refractivity contribution in [2.75, 3.05) is 6.26 Å². The second kappa shape index (κ2) is 6.37. The van der Waals surface area contributed by atoms with Crippen molar-refractivity contribution in [2.24, 2.45) is 0 Å². The summed E-state index contributed by atoms with van der Waals surface area (Å²) in [5, 5.41) is 10.2. The molecule has 2 aromatic heterocycles. The summed E-state index contributed by atoms with van der Waals surface area (Å²) in [6, 6.07) is 15.7. The van der Waals surface area contributed by atoms with E-state index in [0.29, 0.717) is 22.1 Å². The minimum atomic E-state index is 0.506. The van der Waals surface area contributed by atoms with Crippen LogP contribution in [0.1, 0.15) is 5.56 Å². The molecule has 22 heavy (non-hydrogen) atoms. The van der Waals surface area contributed by atoms with Crippen LogP contribution in [0.4, 0.5) is 0 Å². The van der Waals surface area contributed by atoms with Gasteiger partial charge in [-0.05, 0) is 18.4 Å². The third-order valence-electron chi connectivity index (χ3n) is 3.15. The Morgan fingerprint density at radius 1 is 1.00 bits per heavy atom. The molecule has 0 N–H and O–H groups in total. The molecule has 0 saturated heterocycles. The van der Waals surface area contributed by atoms with Gasteiger partial charge in [-0.2, -0.15) is 5.26 Å². The summed E-state index contributed by atoms with van der Waals surface area (Å²) >= 11 is 1.44. The van der Waals surface area contributed by atoms with Crippen molar-refractivity contribution >= 4 is 11.8 Å². The first-order valence-corrected chi connectivity index (χ1v) is 7.88. The molecule has 0 unspecified atom stereocenters. The molecule has 3 aromatic rings. The lowest BCUT2D eigenvalue weighted by atomic mass is 10.1. The molecule has 5 heteroatoms. The molecule has 1 aromatic carbocycles. The van der Waals surface area contributed by atoms with Crippen LogP contribution in [-0.2, 0) is 0 Å². The van der Waals surface area contributed by atoms with E-state index in [2.05, 4.69) is 21.0 Å². The summed E-state index contributed by atoms with van der Waals surface area (Å²) in [5.41, 5.74) is 2.90. The molecule has 2 heterocycles. The maximum Gasteiger partial charge on any atom is 0.162 e. The van der Waals surface area contributed by atoms with Crippen molar-refractivity contribution in [2.45, 2.75) is 5.03 Å². The molecule has 0 aliphatic rings. The zero-order valence-electron chi connectivity index (χ0n) is 11.9. The monoisotopic (exact) mass is 304 g/mol. The van der Waals surface area contributed by atoms with Gasteiger partial charge >= 0.3 is 0 Å². The van der Waals surface area contributed by atoms with Crippen LogP contribution >= 0.6 is 11.8 Å². The van der Waals surface area contributed by atoms with Crippen molar-refractivity contribution in [3.63, 3.8) is 0 Å². The molecule has 106 valence electrons. The molecule has 0 aliphatic heterocycles. The molecule has 0 aliphatic carbocycles. The zero-order chi connectivity index (χ0) is 15.4. The predicted molar refractivity (Wildman–Crippen MR) is 87.2 cm³/mol. The number of nitriles is 1. The van der Waals surface area contributed by atoms with E-state index in [0.717, 1.165) is 11.1 Å². The first-order chi connectivity index (χ1) is 10.8. The minimum Gasteiger partial charge on any atom is -0.264 e. The van der Waals surface area contributed by atoms with Gasteiger partial charge in [0.1, 0.15) is 16.7 Å². The summed E-state index contributed by atoms with van der Waals surface area (Å²) < 4.78 is 0. The number of pyridine rings is 1. The van der Waals surface area contributed by atoms with Crippen molar-refractivity contribution < 1.29 is 0 Å². The second-order valence-electron chi connectivity index (χ2n) is 4.50. The average molecular weight is 304 g/mol. The number of benzene rings is 1. The van der Waals surface area contributed by atoms with Crippen LogP contribution in [0.3, 0.4) is 0 Å². The molecule has 0 bridgehead atoms. The third kappa shape index (κ3) is 2.69. The lowest BCUT2D eigenvalue weighted by Gasteiger charge is -2.09. The van der Waals surface area contributed by atoms with Gasteiger partial charge in [-0.3, -0.25) is 4.98 Å². The standard InChI is InChI=1S/C17H12N4S/c1-22-17-14(10-18)15(12-6-3-2-4-7-12)20-16(21-17)13-8-5-9-19-11-13/h2-9,11H,1H3. The van der Waals surface area contributed by atoms with Gasteiger partial charge in [-0.15, -0.1) is 11.8 Å². The minimum absolute atomic E-state index is 0.506. The summed E-state index contributed by atoms with van der Waals surface area (Å²) in [4.78, 5) is 13.2. The van der Waals surface area contributed by atoms with E-state index in [9.17, 15) is 5.26 Å². The maximum absolute atomic E-state index is 9.50. The van der Waals surface area contributed by atoms with Crippen LogP contribution in [-0.4, -0.2) is 21.2 Å². The molecule has 0 saturated carbocycles. The van der Waals surface area contributed by atoms with Crippen LogP contribution < -0.4 is 0 Å². The SMILES string of the molecule is CSc1nc(-c2cccnc2)nc(-c2ccccc2)c1C#N. The van der Waals surface area contributed by atoms with Crippen molar-refractivity contribution in [1.82, 2.24) is 15.0 Å². The van der Waals surface area contributed by atoms with Gasteiger partial charge in [0, 0.05) is 23.5 Å². The lowest BCUT2D eigenvalue weighted by Crippen LogP contribution is -1.99. The molecule has 3 rings (SSSR count). The Kier molecular flexibility index (Phi) is 4.12. The quantitative estimate of drug-likeness (QED) is 0.544. The Hall–Kier alpha value is -2.71. The summed E-state index contributed by atoms with van der Waals surface area (Å²) in [6.07, 6.45) is 5.34. The largest absolute Gasteiger partial charge is 0.264 e. The van der Waals surface area contributed by atoms with Crippen molar-refractivity contribution in [3.05, 3.63) is 60.4 Å². The number of hydrogen-bond donors (Lipinski definition) is 0. The van der Waals surface area contributed by atoms with Crippen LogP contribution in [0.15, 0.2) is 59.9 Å². The molecule has 0 radical (unpaired) electrons. The molecule has 0 spiro atoms. The van der Waals surface area contributed by atoms with Gasteiger partial charge in [-0.25, -0.2) is 9.97 Å². The van der Waals surface area contributed by atoms with Gasteiger partial charge in [0.2, 0.25) is 0 Å². The first kappa shape index (κ1) is 14.2. The summed E-state index contributed by atoms with van der Waals surface area (Å²) in [5.74, 6) is 0.579. The fourth-order valence-corrected chi connectivity index (χ4v) is 2.64. The maximum atomic E-state index is 9.50. The predicted octanol–water partition coefficient (Wildman–Crippen LogP) is 3.80. The van der Waals surface area contributed by atoms with Gasteiger partial charge in [0.25, 0.3) is 0 Å². The van der Waals surface area contributed by atoms with Gasteiger partial charge in [0.05, 0.1) is 5.69 Å². The molecule has 0 fully saturated rings. The number of thioether (sulfide) groups is 1. The summed E-state index contributed by atoms with van der Waals surface area (Å²) in [6.45, 7) is 0. The van der Waals surface area contributed by atoms with E-state index < -0.39 is 0 Å². The summed E-state index contributed by atoms with van der Waals surface area (Å²) in [7, 11) is 0. The van der Waals surface area contributed by atoms with E-state index in [4.69, 9.17) is 0 Å². The Morgan fingerprint density at radius 2 is 1.77 bits per heavy atom.